The molecule has 1 fully saturated rings. The predicted octanol–water partition coefficient (Wildman–Crippen LogP) is 1.19. The zero-order valence-electron chi connectivity index (χ0n) is 8.46. The molecule has 0 aliphatic carbocycles. The quantitative estimate of drug-likeness (QED) is 0.701. The first-order valence-electron chi connectivity index (χ1n) is 5.29. The maximum Gasteiger partial charge on any atom is 0.0931 e. The van der Waals surface area contributed by atoms with Crippen LogP contribution in [0.2, 0.25) is 0 Å². The van der Waals surface area contributed by atoms with Gasteiger partial charge in [-0.25, -0.2) is 4.98 Å². The van der Waals surface area contributed by atoms with Crippen LogP contribution >= 0.6 is 0 Å². The summed E-state index contributed by atoms with van der Waals surface area (Å²) in [7, 11) is 0. The lowest BCUT2D eigenvalue weighted by molar-refractivity contribution is 0.365. The van der Waals surface area contributed by atoms with E-state index in [2.05, 4.69) is 32.7 Å². The minimum atomic E-state index is 0.780. The summed E-state index contributed by atoms with van der Waals surface area (Å²) in [6.45, 7) is 3.32. The molecule has 2 heterocycles. The van der Waals surface area contributed by atoms with Crippen LogP contribution in [0.5, 0.6) is 0 Å². The lowest BCUT2D eigenvalue weighted by atomic mass is 10.0. The van der Waals surface area contributed by atoms with Crippen molar-refractivity contribution in [3.8, 4) is 0 Å². The van der Waals surface area contributed by atoms with E-state index in [1.165, 1.54) is 5.69 Å². The fourth-order valence-corrected chi connectivity index (χ4v) is 1.80. The highest BCUT2D eigenvalue weighted by Crippen LogP contribution is 2.16. The fourth-order valence-electron chi connectivity index (χ4n) is 1.80. The molecule has 1 aliphatic heterocycles. The molecule has 1 aliphatic rings. The number of aromatic nitrogens is 2. The first-order chi connectivity index (χ1) is 7.42. The molecule has 2 aromatic rings. The zero-order chi connectivity index (χ0) is 10.1. The molecule has 0 radical (unpaired) electrons. The SMILES string of the molecule is c1nc2ccc(NCC3CNC3)cc2[nH]1. The van der Waals surface area contributed by atoms with Crippen molar-refractivity contribution in [2.45, 2.75) is 0 Å². The van der Waals surface area contributed by atoms with Crippen LogP contribution in [-0.4, -0.2) is 29.6 Å². The Labute approximate surface area is 88.1 Å². The van der Waals surface area contributed by atoms with Crippen molar-refractivity contribution in [1.82, 2.24) is 15.3 Å². The number of imidazole rings is 1. The third-order valence-electron chi connectivity index (χ3n) is 2.88. The molecule has 0 unspecified atom stereocenters. The fraction of sp³-hybridized carbons (Fsp3) is 0.364. The van der Waals surface area contributed by atoms with E-state index >= 15 is 0 Å². The minimum absolute atomic E-state index is 0.780. The van der Waals surface area contributed by atoms with E-state index in [1.807, 2.05) is 6.07 Å². The number of hydrogen-bond acceptors (Lipinski definition) is 3. The van der Waals surface area contributed by atoms with Crippen molar-refractivity contribution < 1.29 is 0 Å². The van der Waals surface area contributed by atoms with Crippen LogP contribution in [-0.2, 0) is 0 Å². The minimum Gasteiger partial charge on any atom is -0.385 e. The summed E-state index contributed by atoms with van der Waals surface area (Å²) < 4.78 is 0. The van der Waals surface area contributed by atoms with Crippen LogP contribution in [0.15, 0.2) is 24.5 Å². The molecule has 0 amide bonds. The standard InChI is InChI=1S/C11H14N4/c1-2-10-11(15-7-14-10)3-9(1)13-6-8-4-12-5-8/h1-3,7-8,12-13H,4-6H2,(H,14,15). The van der Waals surface area contributed by atoms with Crippen molar-refractivity contribution in [1.29, 1.82) is 0 Å². The average Bonchev–Trinajstić information content (AvgIpc) is 2.62. The Morgan fingerprint density at radius 1 is 1.40 bits per heavy atom. The summed E-state index contributed by atoms with van der Waals surface area (Å²) in [5.41, 5.74) is 3.27. The summed E-state index contributed by atoms with van der Waals surface area (Å²) >= 11 is 0. The Morgan fingerprint density at radius 3 is 3.13 bits per heavy atom. The Balaban J connectivity index is 1.72. The molecule has 1 aromatic carbocycles. The van der Waals surface area contributed by atoms with Gasteiger partial charge in [0.1, 0.15) is 0 Å². The van der Waals surface area contributed by atoms with Gasteiger partial charge in [0.15, 0.2) is 0 Å². The van der Waals surface area contributed by atoms with Crippen LogP contribution in [0, 0.1) is 5.92 Å². The number of anilines is 1. The van der Waals surface area contributed by atoms with E-state index < -0.39 is 0 Å². The lowest BCUT2D eigenvalue weighted by Gasteiger charge is -2.27. The predicted molar refractivity (Wildman–Crippen MR) is 60.9 cm³/mol. The number of aromatic amines is 1. The first kappa shape index (κ1) is 8.73. The van der Waals surface area contributed by atoms with Gasteiger partial charge in [-0.1, -0.05) is 0 Å². The van der Waals surface area contributed by atoms with Crippen molar-refractivity contribution in [3.63, 3.8) is 0 Å². The average molecular weight is 202 g/mol. The van der Waals surface area contributed by atoms with E-state index in [0.717, 1.165) is 36.6 Å². The molecule has 0 atom stereocenters. The largest absolute Gasteiger partial charge is 0.385 e. The van der Waals surface area contributed by atoms with Gasteiger partial charge in [0.25, 0.3) is 0 Å². The molecule has 3 rings (SSSR count). The second-order valence-electron chi connectivity index (χ2n) is 4.04. The van der Waals surface area contributed by atoms with Crippen LogP contribution in [0.1, 0.15) is 0 Å². The van der Waals surface area contributed by atoms with E-state index in [1.54, 1.807) is 6.33 Å². The van der Waals surface area contributed by atoms with E-state index in [0.29, 0.717) is 0 Å². The summed E-state index contributed by atoms with van der Waals surface area (Å²) in [5.74, 6) is 0.780. The molecule has 0 saturated carbocycles. The van der Waals surface area contributed by atoms with Gasteiger partial charge in [0, 0.05) is 31.2 Å². The molecular formula is C11H14N4. The maximum atomic E-state index is 4.19. The number of H-pyrrole nitrogens is 1. The molecule has 0 bridgehead atoms. The van der Waals surface area contributed by atoms with Crippen LogP contribution < -0.4 is 10.6 Å². The van der Waals surface area contributed by atoms with Crippen molar-refractivity contribution in [3.05, 3.63) is 24.5 Å². The first-order valence-corrected chi connectivity index (χ1v) is 5.29. The number of nitrogens with one attached hydrogen (secondary N) is 3. The summed E-state index contributed by atoms with van der Waals surface area (Å²) in [4.78, 5) is 7.30. The second-order valence-corrected chi connectivity index (χ2v) is 4.04. The van der Waals surface area contributed by atoms with Crippen molar-refractivity contribution in [2.75, 3.05) is 25.0 Å². The molecule has 0 spiro atoms. The highest BCUT2D eigenvalue weighted by molar-refractivity contribution is 5.78. The lowest BCUT2D eigenvalue weighted by Crippen LogP contribution is -2.45. The van der Waals surface area contributed by atoms with Gasteiger partial charge in [-0.15, -0.1) is 0 Å². The molecular weight excluding hydrogens is 188 g/mol. The number of fused-ring (bicyclic) bond motifs is 1. The van der Waals surface area contributed by atoms with Gasteiger partial charge < -0.3 is 15.6 Å². The van der Waals surface area contributed by atoms with Crippen LogP contribution in [0.3, 0.4) is 0 Å². The molecule has 4 heteroatoms. The van der Waals surface area contributed by atoms with Gasteiger partial charge in [-0.05, 0) is 18.2 Å². The van der Waals surface area contributed by atoms with Gasteiger partial charge in [-0.3, -0.25) is 0 Å². The second kappa shape index (κ2) is 3.55. The molecule has 3 N–H and O–H groups in total. The van der Waals surface area contributed by atoms with Crippen molar-refractivity contribution in [2.24, 2.45) is 5.92 Å². The molecule has 1 aromatic heterocycles. The van der Waals surface area contributed by atoms with Gasteiger partial charge in [-0.2, -0.15) is 0 Å². The van der Waals surface area contributed by atoms with Crippen LogP contribution in [0.4, 0.5) is 5.69 Å². The third kappa shape index (κ3) is 1.68. The maximum absolute atomic E-state index is 4.19. The number of rotatable bonds is 3. The van der Waals surface area contributed by atoms with Crippen molar-refractivity contribution >= 4 is 16.7 Å². The van der Waals surface area contributed by atoms with E-state index in [9.17, 15) is 0 Å². The topological polar surface area (TPSA) is 52.7 Å². The Kier molecular flexibility index (Phi) is 2.07. The van der Waals surface area contributed by atoms with Gasteiger partial charge in [0.2, 0.25) is 0 Å². The summed E-state index contributed by atoms with van der Waals surface area (Å²) in [6, 6.07) is 6.22. The molecule has 15 heavy (non-hydrogen) atoms. The third-order valence-corrected chi connectivity index (χ3v) is 2.88. The highest BCUT2D eigenvalue weighted by atomic mass is 15.0. The normalized spacial score (nSPS) is 16.5. The van der Waals surface area contributed by atoms with E-state index in [-0.39, 0.29) is 0 Å². The molecule has 78 valence electrons. The highest BCUT2D eigenvalue weighted by Gasteiger charge is 2.15. The monoisotopic (exact) mass is 202 g/mol. The summed E-state index contributed by atoms with van der Waals surface area (Å²) in [6.07, 6.45) is 1.73. The molecule has 1 saturated heterocycles. The van der Waals surface area contributed by atoms with Crippen LogP contribution in [0.25, 0.3) is 11.0 Å². The number of nitrogens with zero attached hydrogens (tertiary/aromatic N) is 1. The Hall–Kier alpha value is -1.55. The number of benzene rings is 1. The smallest absolute Gasteiger partial charge is 0.0931 e. The summed E-state index contributed by atoms with van der Waals surface area (Å²) in [5, 5.41) is 6.71. The van der Waals surface area contributed by atoms with Gasteiger partial charge in [0.05, 0.1) is 17.4 Å². The Bertz CT molecular complexity index is 458. The van der Waals surface area contributed by atoms with E-state index in [4.69, 9.17) is 0 Å². The Morgan fingerprint density at radius 2 is 2.33 bits per heavy atom. The molecule has 4 nitrogen and oxygen atoms in total. The van der Waals surface area contributed by atoms with Gasteiger partial charge >= 0.3 is 0 Å². The number of hydrogen-bond donors (Lipinski definition) is 3. The zero-order valence-corrected chi connectivity index (χ0v) is 8.46.